The lowest BCUT2D eigenvalue weighted by Gasteiger charge is -2.13. The molecular weight excluding hydrogens is 259 g/mol. The average Bonchev–Trinajstić information content (AvgIpc) is 3.03. The van der Waals surface area contributed by atoms with Crippen LogP contribution in [0.3, 0.4) is 0 Å². The summed E-state index contributed by atoms with van der Waals surface area (Å²) in [7, 11) is 0. The van der Waals surface area contributed by atoms with Crippen molar-refractivity contribution in [1.82, 2.24) is 5.32 Å². The summed E-state index contributed by atoms with van der Waals surface area (Å²) in [4.78, 5) is 11.6. The molecular formula is C13H14F3NO2. The van der Waals surface area contributed by atoms with Crippen LogP contribution in [0.1, 0.15) is 18.9 Å². The van der Waals surface area contributed by atoms with Gasteiger partial charge in [-0.05, 0) is 18.4 Å². The largest absolute Gasteiger partial charge is 0.573 e. The molecule has 1 aliphatic rings. The lowest BCUT2D eigenvalue weighted by atomic mass is 10.2. The molecule has 0 radical (unpaired) electrons. The van der Waals surface area contributed by atoms with Crippen LogP contribution >= 0.6 is 0 Å². The highest BCUT2D eigenvalue weighted by molar-refractivity contribution is 5.81. The molecule has 1 fully saturated rings. The van der Waals surface area contributed by atoms with Gasteiger partial charge in [0.05, 0.1) is 0 Å². The van der Waals surface area contributed by atoms with Gasteiger partial charge in [0.1, 0.15) is 5.75 Å². The Balaban J connectivity index is 1.97. The maximum atomic E-state index is 12.2. The first kappa shape index (κ1) is 13.7. The number of hydrogen-bond donors (Lipinski definition) is 1. The van der Waals surface area contributed by atoms with E-state index in [1.165, 1.54) is 18.2 Å². The molecule has 3 nitrogen and oxygen atoms in total. The molecule has 0 unspecified atom stereocenters. The molecule has 0 aromatic heterocycles. The van der Waals surface area contributed by atoms with Crippen LogP contribution in [0.4, 0.5) is 13.2 Å². The van der Waals surface area contributed by atoms with E-state index in [-0.39, 0.29) is 24.1 Å². The Hall–Kier alpha value is -1.72. The number of amides is 1. The minimum Gasteiger partial charge on any atom is -0.405 e. The monoisotopic (exact) mass is 273 g/mol. The summed E-state index contributed by atoms with van der Waals surface area (Å²) in [6.45, 7) is 2.00. The van der Waals surface area contributed by atoms with E-state index >= 15 is 0 Å². The highest BCUT2D eigenvalue weighted by Crippen LogP contribution is 2.37. The van der Waals surface area contributed by atoms with Gasteiger partial charge in [0.25, 0.3) is 0 Å². The first-order valence-electron chi connectivity index (χ1n) is 5.98. The van der Waals surface area contributed by atoms with E-state index in [4.69, 9.17) is 0 Å². The first-order chi connectivity index (χ1) is 8.87. The van der Waals surface area contributed by atoms with Crippen LogP contribution in [0.5, 0.6) is 5.75 Å². The van der Waals surface area contributed by atoms with Gasteiger partial charge in [-0.25, -0.2) is 0 Å². The lowest BCUT2D eigenvalue weighted by Crippen LogP contribution is -2.26. The van der Waals surface area contributed by atoms with E-state index in [1.807, 2.05) is 6.92 Å². The molecule has 1 aromatic carbocycles. The Morgan fingerprint density at radius 1 is 1.42 bits per heavy atom. The number of alkyl halides is 3. The van der Waals surface area contributed by atoms with E-state index in [0.29, 0.717) is 11.5 Å². The third-order valence-corrected chi connectivity index (χ3v) is 3.10. The summed E-state index contributed by atoms with van der Waals surface area (Å²) in [6.07, 6.45) is -3.89. The zero-order chi connectivity index (χ0) is 14.0. The van der Waals surface area contributed by atoms with Crippen LogP contribution in [-0.2, 0) is 11.3 Å². The van der Waals surface area contributed by atoms with Crippen molar-refractivity contribution in [3.8, 4) is 5.75 Å². The molecule has 2 rings (SSSR count). The number of para-hydroxylation sites is 1. The second kappa shape index (κ2) is 5.11. The number of ether oxygens (including phenoxy) is 1. The van der Waals surface area contributed by atoms with Crippen molar-refractivity contribution in [2.75, 3.05) is 0 Å². The molecule has 0 heterocycles. The summed E-state index contributed by atoms with van der Waals surface area (Å²) in [5.41, 5.74) is 0.307. The predicted octanol–water partition coefficient (Wildman–Crippen LogP) is 2.86. The maximum absolute atomic E-state index is 12.2. The molecule has 19 heavy (non-hydrogen) atoms. The summed E-state index contributed by atoms with van der Waals surface area (Å²) in [5, 5.41) is 2.63. The van der Waals surface area contributed by atoms with Gasteiger partial charge in [0.15, 0.2) is 0 Å². The van der Waals surface area contributed by atoms with Gasteiger partial charge in [-0.3, -0.25) is 4.79 Å². The zero-order valence-electron chi connectivity index (χ0n) is 10.3. The number of rotatable bonds is 4. The summed E-state index contributed by atoms with van der Waals surface area (Å²) in [5.74, 6) is -0.0363. The van der Waals surface area contributed by atoms with Crippen molar-refractivity contribution >= 4 is 5.91 Å². The highest BCUT2D eigenvalue weighted by atomic mass is 19.4. The molecule has 0 bridgehead atoms. The third-order valence-electron chi connectivity index (χ3n) is 3.10. The van der Waals surface area contributed by atoms with Crippen LogP contribution in [0, 0.1) is 11.8 Å². The van der Waals surface area contributed by atoms with E-state index in [1.54, 1.807) is 6.07 Å². The van der Waals surface area contributed by atoms with Gasteiger partial charge >= 0.3 is 6.36 Å². The summed E-state index contributed by atoms with van der Waals surface area (Å²) >= 11 is 0. The number of halogens is 3. The second-order valence-electron chi connectivity index (χ2n) is 4.69. The third kappa shape index (κ3) is 3.87. The van der Waals surface area contributed by atoms with Gasteiger partial charge in [0.2, 0.25) is 5.91 Å². The second-order valence-corrected chi connectivity index (χ2v) is 4.69. The van der Waals surface area contributed by atoms with E-state index in [0.717, 1.165) is 6.42 Å². The number of hydrogen-bond acceptors (Lipinski definition) is 2. The van der Waals surface area contributed by atoms with Crippen LogP contribution in [0.2, 0.25) is 0 Å². The fourth-order valence-electron chi connectivity index (χ4n) is 1.87. The van der Waals surface area contributed by atoms with Gasteiger partial charge in [0, 0.05) is 18.0 Å². The van der Waals surface area contributed by atoms with Gasteiger partial charge < -0.3 is 10.1 Å². The van der Waals surface area contributed by atoms with Crippen LogP contribution in [0.15, 0.2) is 24.3 Å². The van der Waals surface area contributed by atoms with Crippen molar-refractivity contribution in [2.45, 2.75) is 26.3 Å². The fourth-order valence-corrected chi connectivity index (χ4v) is 1.87. The van der Waals surface area contributed by atoms with Crippen LogP contribution < -0.4 is 10.1 Å². The molecule has 1 aromatic rings. The van der Waals surface area contributed by atoms with Crippen molar-refractivity contribution in [3.63, 3.8) is 0 Å². The molecule has 0 spiro atoms. The Bertz CT molecular complexity index is 473. The molecule has 2 atom stereocenters. The molecule has 1 amide bonds. The Kier molecular flexibility index (Phi) is 3.68. The summed E-state index contributed by atoms with van der Waals surface area (Å²) < 4.78 is 40.5. The first-order valence-corrected chi connectivity index (χ1v) is 5.98. The van der Waals surface area contributed by atoms with Gasteiger partial charge in [-0.1, -0.05) is 25.1 Å². The highest BCUT2D eigenvalue weighted by Gasteiger charge is 2.39. The maximum Gasteiger partial charge on any atom is 0.573 e. The Labute approximate surface area is 108 Å². The SMILES string of the molecule is C[C@H]1C[C@H]1C(=O)NCc1ccccc1OC(F)(F)F. The average molecular weight is 273 g/mol. The minimum atomic E-state index is -4.73. The molecule has 0 saturated heterocycles. The topological polar surface area (TPSA) is 38.3 Å². The van der Waals surface area contributed by atoms with Crippen LogP contribution in [0.25, 0.3) is 0 Å². The molecule has 1 saturated carbocycles. The normalized spacial score (nSPS) is 21.9. The molecule has 1 N–H and O–H groups in total. The fraction of sp³-hybridized carbons (Fsp3) is 0.462. The van der Waals surface area contributed by atoms with E-state index in [9.17, 15) is 18.0 Å². The Morgan fingerprint density at radius 2 is 2.05 bits per heavy atom. The number of nitrogens with one attached hydrogen (secondary N) is 1. The standard InChI is InChI=1S/C13H14F3NO2/c1-8-6-10(8)12(18)17-7-9-4-2-3-5-11(9)19-13(14,15)16/h2-5,8,10H,6-7H2,1H3,(H,17,18)/t8-,10+/m0/s1. The quantitative estimate of drug-likeness (QED) is 0.916. The minimum absolute atomic E-state index is 0.00398. The van der Waals surface area contributed by atoms with E-state index < -0.39 is 6.36 Å². The molecule has 104 valence electrons. The number of benzene rings is 1. The van der Waals surface area contributed by atoms with Gasteiger partial charge in [-0.15, -0.1) is 13.2 Å². The smallest absolute Gasteiger partial charge is 0.405 e. The van der Waals surface area contributed by atoms with Gasteiger partial charge in [-0.2, -0.15) is 0 Å². The molecule has 0 aliphatic heterocycles. The lowest BCUT2D eigenvalue weighted by molar-refractivity contribution is -0.274. The van der Waals surface area contributed by atoms with Crippen LogP contribution in [-0.4, -0.2) is 12.3 Å². The Morgan fingerprint density at radius 3 is 2.63 bits per heavy atom. The van der Waals surface area contributed by atoms with Crippen molar-refractivity contribution in [2.24, 2.45) is 11.8 Å². The number of carbonyl (C=O) groups is 1. The van der Waals surface area contributed by atoms with Crippen molar-refractivity contribution in [1.29, 1.82) is 0 Å². The molecule has 1 aliphatic carbocycles. The number of carbonyl (C=O) groups excluding carboxylic acids is 1. The van der Waals surface area contributed by atoms with Crippen molar-refractivity contribution < 1.29 is 22.7 Å². The zero-order valence-corrected chi connectivity index (χ0v) is 10.3. The predicted molar refractivity (Wildman–Crippen MR) is 62.2 cm³/mol. The van der Waals surface area contributed by atoms with Crippen molar-refractivity contribution in [3.05, 3.63) is 29.8 Å². The summed E-state index contributed by atoms with van der Waals surface area (Å²) in [6, 6.07) is 5.78. The molecule has 6 heteroatoms. The van der Waals surface area contributed by atoms with E-state index in [2.05, 4.69) is 10.1 Å².